The predicted octanol–water partition coefficient (Wildman–Crippen LogP) is 3.25. The molecule has 0 fully saturated rings. The second kappa shape index (κ2) is 5.73. The van der Waals surface area contributed by atoms with Gasteiger partial charge in [0.25, 0.3) is 5.91 Å². The maximum Gasteiger partial charge on any atom is 0.254 e. The quantitative estimate of drug-likeness (QED) is 0.923. The summed E-state index contributed by atoms with van der Waals surface area (Å²) in [5.74, 6) is 0.209. The van der Waals surface area contributed by atoms with Crippen LogP contribution in [0.5, 0.6) is 11.5 Å². The summed E-state index contributed by atoms with van der Waals surface area (Å²) in [6, 6.07) is 10.0. The predicted molar refractivity (Wildman–Crippen MR) is 77.8 cm³/mol. The lowest BCUT2D eigenvalue weighted by Gasteiger charge is -2.09. The summed E-state index contributed by atoms with van der Waals surface area (Å²) in [4.78, 5) is 12.0. The Bertz CT molecular complexity index is 705. The minimum absolute atomic E-state index is 0.00544. The van der Waals surface area contributed by atoms with E-state index in [0.717, 1.165) is 5.56 Å². The topological polar surface area (TPSA) is 47.6 Å². The number of halogens is 2. The molecule has 0 saturated carbocycles. The SMILES string of the molecule is O=C(NCc1cccc2c1OCO2)c1cccc(Br)c1F. The van der Waals surface area contributed by atoms with Crippen LogP contribution in [0.3, 0.4) is 0 Å². The van der Waals surface area contributed by atoms with Crippen molar-refractivity contribution in [3.8, 4) is 11.5 Å². The van der Waals surface area contributed by atoms with Gasteiger partial charge in [0.1, 0.15) is 5.82 Å². The second-order valence-corrected chi connectivity index (χ2v) is 5.29. The summed E-state index contributed by atoms with van der Waals surface area (Å²) < 4.78 is 24.7. The number of benzene rings is 2. The Morgan fingerprint density at radius 3 is 2.90 bits per heavy atom. The Labute approximate surface area is 129 Å². The van der Waals surface area contributed by atoms with Gasteiger partial charge in [-0.3, -0.25) is 4.79 Å². The molecule has 0 atom stereocenters. The maximum absolute atomic E-state index is 13.8. The van der Waals surface area contributed by atoms with E-state index in [1.807, 2.05) is 12.1 Å². The zero-order valence-electron chi connectivity index (χ0n) is 10.9. The van der Waals surface area contributed by atoms with E-state index in [4.69, 9.17) is 9.47 Å². The molecule has 1 aliphatic heterocycles. The molecule has 2 aromatic rings. The first-order chi connectivity index (χ1) is 10.2. The first kappa shape index (κ1) is 13.9. The van der Waals surface area contributed by atoms with E-state index in [-0.39, 0.29) is 23.4 Å². The van der Waals surface area contributed by atoms with E-state index >= 15 is 0 Å². The molecule has 1 amide bonds. The number of nitrogens with one attached hydrogen (secondary N) is 1. The van der Waals surface area contributed by atoms with Gasteiger partial charge in [0.05, 0.1) is 10.0 Å². The standard InChI is InChI=1S/C15H11BrFNO3/c16-11-5-2-4-10(13(11)17)15(19)18-7-9-3-1-6-12-14(9)21-8-20-12/h1-6H,7-8H2,(H,18,19). The first-order valence-corrected chi connectivity index (χ1v) is 7.06. The van der Waals surface area contributed by atoms with Gasteiger partial charge in [-0.2, -0.15) is 0 Å². The Balaban J connectivity index is 1.75. The largest absolute Gasteiger partial charge is 0.454 e. The Kier molecular flexibility index (Phi) is 3.79. The molecule has 0 spiro atoms. The molecule has 1 N–H and O–H groups in total. The normalized spacial score (nSPS) is 12.3. The van der Waals surface area contributed by atoms with Gasteiger partial charge in [-0.25, -0.2) is 4.39 Å². The van der Waals surface area contributed by atoms with Crippen LogP contribution in [0, 0.1) is 5.82 Å². The highest BCUT2D eigenvalue weighted by atomic mass is 79.9. The van der Waals surface area contributed by atoms with Gasteiger partial charge in [-0.1, -0.05) is 18.2 Å². The summed E-state index contributed by atoms with van der Waals surface area (Å²) in [5, 5.41) is 2.68. The van der Waals surface area contributed by atoms with Crippen LogP contribution in [0.4, 0.5) is 4.39 Å². The summed E-state index contributed by atoms with van der Waals surface area (Å²) in [7, 11) is 0. The van der Waals surface area contributed by atoms with E-state index in [1.165, 1.54) is 6.07 Å². The van der Waals surface area contributed by atoms with Gasteiger partial charge in [0.2, 0.25) is 6.79 Å². The van der Waals surface area contributed by atoms with Crippen molar-refractivity contribution in [2.75, 3.05) is 6.79 Å². The highest BCUT2D eigenvalue weighted by Gasteiger charge is 2.18. The fourth-order valence-electron chi connectivity index (χ4n) is 2.08. The fourth-order valence-corrected chi connectivity index (χ4v) is 2.45. The molecule has 1 aliphatic rings. The Morgan fingerprint density at radius 1 is 1.24 bits per heavy atom. The Hall–Kier alpha value is -2.08. The van der Waals surface area contributed by atoms with Crippen LogP contribution in [0.25, 0.3) is 0 Å². The molecular formula is C15H11BrFNO3. The maximum atomic E-state index is 13.8. The van der Waals surface area contributed by atoms with Crippen LogP contribution in [0.2, 0.25) is 0 Å². The number of para-hydroxylation sites is 1. The molecule has 2 aromatic carbocycles. The molecule has 0 aliphatic carbocycles. The van der Waals surface area contributed by atoms with Crippen LogP contribution >= 0.6 is 15.9 Å². The molecule has 21 heavy (non-hydrogen) atoms. The van der Waals surface area contributed by atoms with Crippen molar-refractivity contribution in [3.05, 3.63) is 57.8 Å². The van der Waals surface area contributed by atoms with Crippen molar-refractivity contribution in [1.29, 1.82) is 0 Å². The van der Waals surface area contributed by atoms with Gasteiger partial charge in [0.15, 0.2) is 11.5 Å². The van der Waals surface area contributed by atoms with E-state index in [0.29, 0.717) is 11.5 Å². The van der Waals surface area contributed by atoms with E-state index in [2.05, 4.69) is 21.2 Å². The van der Waals surface area contributed by atoms with Crippen LogP contribution < -0.4 is 14.8 Å². The lowest BCUT2D eigenvalue weighted by atomic mass is 10.1. The van der Waals surface area contributed by atoms with E-state index < -0.39 is 11.7 Å². The van der Waals surface area contributed by atoms with Gasteiger partial charge in [-0.15, -0.1) is 0 Å². The molecule has 4 nitrogen and oxygen atoms in total. The highest BCUT2D eigenvalue weighted by Crippen LogP contribution is 2.35. The molecule has 6 heteroatoms. The van der Waals surface area contributed by atoms with Crippen molar-refractivity contribution in [2.45, 2.75) is 6.54 Å². The lowest BCUT2D eigenvalue weighted by molar-refractivity contribution is 0.0946. The number of fused-ring (bicyclic) bond motifs is 1. The molecule has 0 bridgehead atoms. The summed E-state index contributed by atoms with van der Waals surface area (Å²) in [6.45, 7) is 0.401. The molecule has 0 unspecified atom stereocenters. The molecule has 3 rings (SSSR count). The first-order valence-electron chi connectivity index (χ1n) is 6.26. The van der Waals surface area contributed by atoms with Gasteiger partial charge < -0.3 is 14.8 Å². The average Bonchev–Trinajstić information content (AvgIpc) is 2.96. The van der Waals surface area contributed by atoms with Crippen LogP contribution in [-0.2, 0) is 6.54 Å². The van der Waals surface area contributed by atoms with Crippen molar-refractivity contribution in [1.82, 2.24) is 5.32 Å². The second-order valence-electron chi connectivity index (χ2n) is 4.43. The van der Waals surface area contributed by atoms with Gasteiger partial charge in [0, 0.05) is 12.1 Å². The molecule has 108 valence electrons. The fraction of sp³-hybridized carbons (Fsp3) is 0.133. The molecule has 0 aromatic heterocycles. The van der Waals surface area contributed by atoms with Crippen molar-refractivity contribution in [3.63, 3.8) is 0 Å². The minimum Gasteiger partial charge on any atom is -0.454 e. The van der Waals surface area contributed by atoms with E-state index in [1.54, 1.807) is 18.2 Å². The molecular weight excluding hydrogens is 341 g/mol. The van der Waals surface area contributed by atoms with Crippen molar-refractivity contribution >= 4 is 21.8 Å². The molecule has 1 heterocycles. The zero-order chi connectivity index (χ0) is 14.8. The zero-order valence-corrected chi connectivity index (χ0v) is 12.4. The number of carbonyl (C=O) groups is 1. The van der Waals surface area contributed by atoms with Crippen LogP contribution in [-0.4, -0.2) is 12.7 Å². The number of ether oxygens (including phenoxy) is 2. The monoisotopic (exact) mass is 351 g/mol. The average molecular weight is 352 g/mol. The highest BCUT2D eigenvalue weighted by molar-refractivity contribution is 9.10. The van der Waals surface area contributed by atoms with Crippen LogP contribution in [0.1, 0.15) is 15.9 Å². The third-order valence-corrected chi connectivity index (χ3v) is 3.73. The smallest absolute Gasteiger partial charge is 0.254 e. The third kappa shape index (κ3) is 2.71. The van der Waals surface area contributed by atoms with Gasteiger partial charge in [-0.05, 0) is 34.1 Å². The van der Waals surface area contributed by atoms with E-state index in [9.17, 15) is 9.18 Å². The minimum atomic E-state index is -0.576. The summed E-state index contributed by atoms with van der Waals surface area (Å²) >= 11 is 3.06. The van der Waals surface area contributed by atoms with Crippen molar-refractivity contribution < 1.29 is 18.7 Å². The molecule has 0 saturated heterocycles. The van der Waals surface area contributed by atoms with Crippen molar-refractivity contribution in [2.24, 2.45) is 0 Å². The molecule has 0 radical (unpaired) electrons. The van der Waals surface area contributed by atoms with Gasteiger partial charge >= 0.3 is 0 Å². The third-order valence-electron chi connectivity index (χ3n) is 3.11. The number of hydrogen-bond donors (Lipinski definition) is 1. The lowest BCUT2D eigenvalue weighted by Crippen LogP contribution is -2.24. The number of rotatable bonds is 3. The number of hydrogen-bond acceptors (Lipinski definition) is 3. The summed E-state index contributed by atoms with van der Waals surface area (Å²) in [6.07, 6.45) is 0. The number of amides is 1. The summed E-state index contributed by atoms with van der Waals surface area (Å²) in [5.41, 5.74) is 0.780. The Morgan fingerprint density at radius 2 is 2.05 bits per heavy atom. The van der Waals surface area contributed by atoms with Crippen LogP contribution in [0.15, 0.2) is 40.9 Å². The number of carbonyl (C=O) groups excluding carboxylic acids is 1.